The van der Waals surface area contributed by atoms with E-state index in [1.165, 1.54) is 17.4 Å². The molecule has 0 spiro atoms. The third-order valence-corrected chi connectivity index (χ3v) is 4.70. The molecule has 0 unspecified atom stereocenters. The van der Waals surface area contributed by atoms with Crippen molar-refractivity contribution < 1.29 is 9.21 Å². The lowest BCUT2D eigenvalue weighted by Gasteiger charge is -2.00. The van der Waals surface area contributed by atoms with Gasteiger partial charge in [0, 0.05) is 10.4 Å². The van der Waals surface area contributed by atoms with E-state index in [0.29, 0.717) is 16.0 Å². The highest BCUT2D eigenvalue weighted by Crippen LogP contribution is 2.24. The van der Waals surface area contributed by atoms with Crippen LogP contribution in [-0.2, 0) is 0 Å². The standard InChI is InChI=1S/C17H8ClNO3S/c18-10-5-6-13-9(7-10)8-11(17(21)22-13)15(20)16-19-12-3-1-2-4-14(12)23-16/h1-8H. The lowest BCUT2D eigenvalue weighted by Crippen LogP contribution is -2.14. The van der Waals surface area contributed by atoms with Crippen LogP contribution in [0.2, 0.25) is 5.02 Å². The molecule has 6 heteroatoms. The number of fused-ring (bicyclic) bond motifs is 2. The van der Waals surface area contributed by atoms with Gasteiger partial charge in [-0.05, 0) is 36.4 Å². The highest BCUT2D eigenvalue weighted by Gasteiger charge is 2.19. The van der Waals surface area contributed by atoms with Crippen LogP contribution in [0.4, 0.5) is 0 Å². The molecule has 0 saturated heterocycles. The second kappa shape index (κ2) is 5.30. The zero-order valence-corrected chi connectivity index (χ0v) is 13.1. The molecule has 0 aliphatic heterocycles. The van der Waals surface area contributed by atoms with E-state index in [2.05, 4.69) is 4.98 Å². The Morgan fingerprint density at radius 3 is 2.78 bits per heavy atom. The predicted octanol–water partition coefficient (Wildman–Crippen LogP) is 4.29. The third-order valence-electron chi connectivity index (χ3n) is 3.43. The molecule has 0 N–H and O–H groups in total. The number of hydrogen-bond donors (Lipinski definition) is 0. The second-order valence-electron chi connectivity index (χ2n) is 4.95. The van der Waals surface area contributed by atoms with Crippen molar-refractivity contribution in [3.05, 3.63) is 74.5 Å². The molecule has 4 aromatic rings. The van der Waals surface area contributed by atoms with Gasteiger partial charge in [0.1, 0.15) is 11.1 Å². The zero-order chi connectivity index (χ0) is 16.0. The highest BCUT2D eigenvalue weighted by atomic mass is 35.5. The van der Waals surface area contributed by atoms with E-state index in [1.807, 2.05) is 24.3 Å². The van der Waals surface area contributed by atoms with Crippen LogP contribution in [0, 0.1) is 0 Å². The van der Waals surface area contributed by atoms with E-state index in [0.717, 1.165) is 10.2 Å². The van der Waals surface area contributed by atoms with Crippen molar-refractivity contribution in [3.63, 3.8) is 0 Å². The fourth-order valence-corrected chi connectivity index (χ4v) is 3.44. The number of rotatable bonds is 2. The number of halogens is 1. The number of nitrogens with zero attached hydrogens (tertiary/aromatic N) is 1. The Labute approximate surface area is 139 Å². The normalized spacial score (nSPS) is 11.2. The summed E-state index contributed by atoms with van der Waals surface area (Å²) < 4.78 is 6.10. The summed E-state index contributed by atoms with van der Waals surface area (Å²) in [5.41, 5.74) is 0.400. The van der Waals surface area contributed by atoms with Gasteiger partial charge in [-0.25, -0.2) is 9.78 Å². The van der Waals surface area contributed by atoms with Crippen LogP contribution >= 0.6 is 22.9 Å². The maximum absolute atomic E-state index is 12.6. The summed E-state index contributed by atoms with van der Waals surface area (Å²) >= 11 is 7.20. The summed E-state index contributed by atoms with van der Waals surface area (Å²) in [5, 5.41) is 1.37. The molecule has 0 amide bonds. The summed E-state index contributed by atoms with van der Waals surface area (Å²) in [6.45, 7) is 0. The average molecular weight is 342 g/mol. The number of ketones is 1. The van der Waals surface area contributed by atoms with Gasteiger partial charge in [-0.15, -0.1) is 11.3 Å². The van der Waals surface area contributed by atoms with Crippen molar-refractivity contribution in [1.82, 2.24) is 4.98 Å². The molecule has 23 heavy (non-hydrogen) atoms. The van der Waals surface area contributed by atoms with Crippen molar-refractivity contribution in [2.75, 3.05) is 0 Å². The van der Waals surface area contributed by atoms with Gasteiger partial charge in [-0.2, -0.15) is 0 Å². The smallest absolute Gasteiger partial charge is 0.347 e. The van der Waals surface area contributed by atoms with Gasteiger partial charge >= 0.3 is 5.63 Å². The number of thiazole rings is 1. The van der Waals surface area contributed by atoms with Gasteiger partial charge in [0.15, 0.2) is 5.01 Å². The molecule has 2 heterocycles. The molecule has 0 bridgehead atoms. The third kappa shape index (κ3) is 2.44. The highest BCUT2D eigenvalue weighted by molar-refractivity contribution is 7.20. The number of carbonyl (C=O) groups is 1. The topological polar surface area (TPSA) is 60.2 Å². The maximum Gasteiger partial charge on any atom is 0.347 e. The lowest BCUT2D eigenvalue weighted by molar-refractivity contribution is 0.103. The van der Waals surface area contributed by atoms with Crippen LogP contribution in [0.25, 0.3) is 21.2 Å². The summed E-state index contributed by atoms with van der Waals surface area (Å²) in [6.07, 6.45) is 0. The number of aromatic nitrogens is 1. The molecule has 4 rings (SSSR count). The summed E-state index contributed by atoms with van der Waals surface area (Å²) in [7, 11) is 0. The number of benzene rings is 2. The fraction of sp³-hybridized carbons (Fsp3) is 0. The Kier molecular flexibility index (Phi) is 3.25. The van der Waals surface area contributed by atoms with Crippen LogP contribution in [0.5, 0.6) is 0 Å². The van der Waals surface area contributed by atoms with Gasteiger partial charge in [-0.1, -0.05) is 23.7 Å². The molecular formula is C17H8ClNO3S. The Hall–Kier alpha value is -2.50. The SMILES string of the molecule is O=C(c1nc2ccccc2s1)c1cc2cc(Cl)ccc2oc1=O. The van der Waals surface area contributed by atoms with Gasteiger partial charge in [-0.3, -0.25) is 4.79 Å². The summed E-state index contributed by atoms with van der Waals surface area (Å²) in [4.78, 5) is 29.0. The molecule has 0 fully saturated rings. The van der Waals surface area contributed by atoms with Gasteiger partial charge in [0.05, 0.1) is 10.2 Å². The molecule has 0 aliphatic carbocycles. The van der Waals surface area contributed by atoms with E-state index >= 15 is 0 Å². The van der Waals surface area contributed by atoms with Gasteiger partial charge in [0.25, 0.3) is 0 Å². The quantitative estimate of drug-likeness (QED) is 0.403. The Bertz CT molecular complexity index is 1100. The van der Waals surface area contributed by atoms with Gasteiger partial charge < -0.3 is 4.42 Å². The first-order chi connectivity index (χ1) is 11.1. The lowest BCUT2D eigenvalue weighted by atomic mass is 10.1. The molecule has 4 nitrogen and oxygen atoms in total. The van der Waals surface area contributed by atoms with E-state index in [1.54, 1.807) is 18.2 Å². The number of carbonyl (C=O) groups excluding carboxylic acids is 1. The van der Waals surface area contributed by atoms with E-state index in [4.69, 9.17) is 16.0 Å². The van der Waals surface area contributed by atoms with Crippen molar-refractivity contribution in [2.45, 2.75) is 0 Å². The molecule has 0 atom stereocenters. The Morgan fingerprint density at radius 1 is 1.13 bits per heavy atom. The second-order valence-corrected chi connectivity index (χ2v) is 6.41. The Morgan fingerprint density at radius 2 is 1.96 bits per heavy atom. The minimum absolute atomic E-state index is 0.0428. The number of hydrogen-bond acceptors (Lipinski definition) is 5. The molecule has 112 valence electrons. The van der Waals surface area contributed by atoms with Crippen LogP contribution in [0.3, 0.4) is 0 Å². The average Bonchev–Trinajstić information content (AvgIpc) is 2.98. The zero-order valence-electron chi connectivity index (χ0n) is 11.6. The minimum Gasteiger partial charge on any atom is -0.422 e. The summed E-state index contributed by atoms with van der Waals surface area (Å²) in [5.74, 6) is -0.443. The molecule has 0 radical (unpaired) electrons. The van der Waals surface area contributed by atoms with E-state index in [-0.39, 0.29) is 10.6 Å². The first kappa shape index (κ1) is 14.1. The van der Waals surface area contributed by atoms with Crippen LogP contribution in [0.15, 0.2) is 57.7 Å². The first-order valence-corrected chi connectivity index (χ1v) is 7.95. The van der Waals surface area contributed by atoms with Crippen LogP contribution < -0.4 is 5.63 Å². The molecule has 0 aliphatic rings. The maximum atomic E-state index is 12.6. The minimum atomic E-state index is -0.677. The Balaban J connectivity index is 1.88. The van der Waals surface area contributed by atoms with Crippen LogP contribution in [-0.4, -0.2) is 10.8 Å². The first-order valence-electron chi connectivity index (χ1n) is 6.75. The molecule has 2 aromatic heterocycles. The molecular weight excluding hydrogens is 334 g/mol. The van der Waals surface area contributed by atoms with Crippen molar-refractivity contribution in [2.24, 2.45) is 0 Å². The van der Waals surface area contributed by atoms with Crippen molar-refractivity contribution in [3.8, 4) is 0 Å². The van der Waals surface area contributed by atoms with Crippen molar-refractivity contribution >= 4 is 49.9 Å². The monoisotopic (exact) mass is 341 g/mol. The summed E-state index contributed by atoms with van der Waals surface area (Å²) in [6, 6.07) is 13.8. The number of para-hydroxylation sites is 1. The van der Waals surface area contributed by atoms with Crippen molar-refractivity contribution in [1.29, 1.82) is 0 Å². The molecule has 0 saturated carbocycles. The van der Waals surface area contributed by atoms with Crippen LogP contribution in [0.1, 0.15) is 15.4 Å². The van der Waals surface area contributed by atoms with E-state index < -0.39 is 11.4 Å². The van der Waals surface area contributed by atoms with Gasteiger partial charge in [0.2, 0.25) is 5.78 Å². The predicted molar refractivity (Wildman–Crippen MR) is 90.5 cm³/mol. The van der Waals surface area contributed by atoms with E-state index in [9.17, 15) is 9.59 Å². The molecule has 2 aromatic carbocycles. The fourth-order valence-electron chi connectivity index (χ4n) is 2.34. The largest absolute Gasteiger partial charge is 0.422 e.